The average molecular weight is 331 g/mol. The normalized spacial score (nSPS) is 17.4. The van der Waals surface area contributed by atoms with Gasteiger partial charge in [-0.1, -0.05) is 6.08 Å². The molecule has 1 atom stereocenters. The minimum atomic E-state index is -0.814. The van der Waals surface area contributed by atoms with Gasteiger partial charge in [-0.3, -0.25) is 9.59 Å². The summed E-state index contributed by atoms with van der Waals surface area (Å²) < 4.78 is 5.33. The SMILES string of the molecule is C=CCc1cc(C(=O)N2CCCCC2CCC(=O)O)ccc1OC. The number of allylic oxidation sites excluding steroid dienone is 1. The Morgan fingerprint density at radius 2 is 2.21 bits per heavy atom. The summed E-state index contributed by atoms with van der Waals surface area (Å²) in [4.78, 5) is 25.6. The third kappa shape index (κ3) is 4.37. The summed E-state index contributed by atoms with van der Waals surface area (Å²) in [6, 6.07) is 5.44. The van der Waals surface area contributed by atoms with Crippen LogP contribution in [0.2, 0.25) is 0 Å². The zero-order chi connectivity index (χ0) is 17.5. The van der Waals surface area contributed by atoms with Gasteiger partial charge in [0.2, 0.25) is 0 Å². The Hall–Kier alpha value is -2.30. The lowest BCUT2D eigenvalue weighted by Crippen LogP contribution is -2.44. The number of carboxylic acids is 1. The molecule has 1 aliphatic heterocycles. The first-order chi connectivity index (χ1) is 11.6. The van der Waals surface area contributed by atoms with Crippen LogP contribution in [0.3, 0.4) is 0 Å². The number of hydrogen-bond acceptors (Lipinski definition) is 3. The molecule has 1 amide bonds. The molecule has 0 spiro atoms. The van der Waals surface area contributed by atoms with Gasteiger partial charge in [0.25, 0.3) is 5.91 Å². The topological polar surface area (TPSA) is 66.8 Å². The van der Waals surface area contributed by atoms with E-state index < -0.39 is 5.97 Å². The molecule has 24 heavy (non-hydrogen) atoms. The molecule has 1 unspecified atom stereocenters. The molecule has 1 saturated heterocycles. The zero-order valence-electron chi connectivity index (χ0n) is 14.2. The molecule has 2 rings (SSSR count). The Labute approximate surface area is 142 Å². The second-order valence-electron chi connectivity index (χ2n) is 6.10. The summed E-state index contributed by atoms with van der Waals surface area (Å²) in [5.74, 6) is -0.101. The highest BCUT2D eigenvalue weighted by Gasteiger charge is 2.28. The van der Waals surface area contributed by atoms with E-state index in [4.69, 9.17) is 9.84 Å². The summed E-state index contributed by atoms with van der Waals surface area (Å²) in [5.41, 5.74) is 1.55. The molecular formula is C19H25NO4. The molecule has 1 N–H and O–H groups in total. The second kappa shape index (κ2) is 8.52. The van der Waals surface area contributed by atoms with Crippen LogP contribution in [-0.2, 0) is 11.2 Å². The molecule has 0 aromatic heterocycles. The van der Waals surface area contributed by atoms with E-state index in [1.807, 2.05) is 17.0 Å². The van der Waals surface area contributed by atoms with Crippen LogP contribution >= 0.6 is 0 Å². The number of methoxy groups -OCH3 is 1. The summed E-state index contributed by atoms with van der Waals surface area (Å²) in [6.45, 7) is 4.43. The van der Waals surface area contributed by atoms with Crippen LogP contribution in [0.4, 0.5) is 0 Å². The number of nitrogens with zero attached hydrogens (tertiary/aromatic N) is 1. The van der Waals surface area contributed by atoms with Crippen LogP contribution in [0, 0.1) is 0 Å². The summed E-state index contributed by atoms with van der Waals surface area (Å²) in [5, 5.41) is 8.91. The summed E-state index contributed by atoms with van der Waals surface area (Å²) >= 11 is 0. The fourth-order valence-corrected chi connectivity index (χ4v) is 3.25. The van der Waals surface area contributed by atoms with Crippen molar-refractivity contribution in [1.29, 1.82) is 0 Å². The minimum Gasteiger partial charge on any atom is -0.496 e. The first kappa shape index (κ1) is 18.0. The minimum absolute atomic E-state index is 0.00676. The van der Waals surface area contributed by atoms with Crippen LogP contribution in [-0.4, -0.2) is 41.6 Å². The van der Waals surface area contributed by atoms with Crippen molar-refractivity contribution in [2.75, 3.05) is 13.7 Å². The molecule has 0 saturated carbocycles. The molecule has 1 aromatic rings. The molecule has 5 nitrogen and oxygen atoms in total. The highest BCUT2D eigenvalue weighted by Crippen LogP contribution is 2.26. The average Bonchev–Trinajstić information content (AvgIpc) is 2.59. The predicted octanol–water partition coefficient (Wildman–Crippen LogP) is 3.28. The number of likely N-dealkylation sites (tertiary alicyclic amines) is 1. The van der Waals surface area contributed by atoms with Crippen molar-refractivity contribution in [3.05, 3.63) is 42.0 Å². The van der Waals surface area contributed by atoms with E-state index in [1.165, 1.54) is 0 Å². The maximum absolute atomic E-state index is 12.9. The molecule has 1 aliphatic rings. The quantitative estimate of drug-likeness (QED) is 0.779. The number of ether oxygens (including phenoxy) is 1. The fourth-order valence-electron chi connectivity index (χ4n) is 3.25. The van der Waals surface area contributed by atoms with E-state index in [1.54, 1.807) is 19.3 Å². The van der Waals surface area contributed by atoms with Gasteiger partial charge in [0, 0.05) is 24.6 Å². The molecular weight excluding hydrogens is 306 g/mol. The number of hydrogen-bond donors (Lipinski definition) is 1. The molecule has 5 heteroatoms. The standard InChI is InChI=1S/C19H25NO4/c1-3-6-14-13-15(8-10-17(14)24-2)19(23)20-12-5-4-7-16(20)9-11-18(21)22/h3,8,10,13,16H,1,4-7,9,11-12H2,2H3,(H,21,22). The van der Waals surface area contributed by atoms with Gasteiger partial charge in [-0.2, -0.15) is 0 Å². The lowest BCUT2D eigenvalue weighted by molar-refractivity contribution is -0.137. The smallest absolute Gasteiger partial charge is 0.303 e. The van der Waals surface area contributed by atoms with Gasteiger partial charge >= 0.3 is 5.97 Å². The second-order valence-corrected chi connectivity index (χ2v) is 6.10. The Morgan fingerprint density at radius 1 is 1.42 bits per heavy atom. The highest BCUT2D eigenvalue weighted by atomic mass is 16.5. The van der Waals surface area contributed by atoms with E-state index in [2.05, 4.69) is 6.58 Å². The maximum Gasteiger partial charge on any atom is 0.303 e. The fraction of sp³-hybridized carbons (Fsp3) is 0.474. The zero-order valence-corrected chi connectivity index (χ0v) is 14.2. The lowest BCUT2D eigenvalue weighted by atomic mass is 9.96. The number of carboxylic acid groups (broad SMARTS) is 1. The van der Waals surface area contributed by atoms with Crippen molar-refractivity contribution < 1.29 is 19.4 Å². The largest absolute Gasteiger partial charge is 0.496 e. The number of piperidine rings is 1. The number of aliphatic carboxylic acids is 1. The number of rotatable bonds is 7. The Bertz CT molecular complexity index is 611. The van der Waals surface area contributed by atoms with Crippen molar-refractivity contribution in [1.82, 2.24) is 4.90 Å². The third-order valence-electron chi connectivity index (χ3n) is 4.47. The Balaban J connectivity index is 2.20. The van der Waals surface area contributed by atoms with Gasteiger partial charge in [-0.05, 0) is 55.9 Å². The molecule has 0 aliphatic carbocycles. The van der Waals surface area contributed by atoms with Crippen LogP contribution in [0.1, 0.15) is 48.0 Å². The molecule has 1 aromatic carbocycles. The first-order valence-electron chi connectivity index (χ1n) is 8.37. The molecule has 1 fully saturated rings. The number of amides is 1. The van der Waals surface area contributed by atoms with Gasteiger partial charge in [-0.25, -0.2) is 0 Å². The van der Waals surface area contributed by atoms with E-state index in [9.17, 15) is 9.59 Å². The van der Waals surface area contributed by atoms with Crippen molar-refractivity contribution in [3.63, 3.8) is 0 Å². The highest BCUT2D eigenvalue weighted by molar-refractivity contribution is 5.95. The van der Waals surface area contributed by atoms with E-state index in [0.717, 1.165) is 30.6 Å². The monoisotopic (exact) mass is 331 g/mol. The number of carbonyl (C=O) groups is 2. The van der Waals surface area contributed by atoms with Gasteiger partial charge < -0.3 is 14.7 Å². The van der Waals surface area contributed by atoms with Crippen LogP contribution in [0.5, 0.6) is 5.75 Å². The summed E-state index contributed by atoms with van der Waals surface area (Å²) in [7, 11) is 1.61. The van der Waals surface area contributed by atoms with Crippen molar-refractivity contribution >= 4 is 11.9 Å². The molecule has 0 bridgehead atoms. The number of carbonyl (C=O) groups excluding carboxylic acids is 1. The van der Waals surface area contributed by atoms with E-state index in [-0.39, 0.29) is 18.4 Å². The first-order valence-corrected chi connectivity index (χ1v) is 8.37. The van der Waals surface area contributed by atoms with Gasteiger partial charge in [0.05, 0.1) is 7.11 Å². The predicted molar refractivity (Wildman–Crippen MR) is 92.4 cm³/mol. The number of benzene rings is 1. The molecule has 1 heterocycles. The van der Waals surface area contributed by atoms with Crippen molar-refractivity contribution in [2.45, 2.75) is 44.6 Å². The van der Waals surface area contributed by atoms with Crippen molar-refractivity contribution in [3.8, 4) is 5.75 Å². The van der Waals surface area contributed by atoms with Gasteiger partial charge in [0.15, 0.2) is 0 Å². The Kier molecular flexibility index (Phi) is 6.41. The molecule has 0 radical (unpaired) electrons. The lowest BCUT2D eigenvalue weighted by Gasteiger charge is -2.36. The van der Waals surface area contributed by atoms with Crippen LogP contribution in [0.15, 0.2) is 30.9 Å². The third-order valence-corrected chi connectivity index (χ3v) is 4.47. The van der Waals surface area contributed by atoms with Gasteiger partial charge in [0.1, 0.15) is 5.75 Å². The van der Waals surface area contributed by atoms with E-state index in [0.29, 0.717) is 24.9 Å². The summed E-state index contributed by atoms with van der Waals surface area (Å²) in [6.07, 6.45) is 5.89. The van der Waals surface area contributed by atoms with Crippen LogP contribution in [0.25, 0.3) is 0 Å². The van der Waals surface area contributed by atoms with Crippen LogP contribution < -0.4 is 4.74 Å². The maximum atomic E-state index is 12.9. The Morgan fingerprint density at radius 3 is 2.88 bits per heavy atom. The van der Waals surface area contributed by atoms with Gasteiger partial charge in [-0.15, -0.1) is 6.58 Å². The van der Waals surface area contributed by atoms with E-state index >= 15 is 0 Å². The van der Waals surface area contributed by atoms with Crippen molar-refractivity contribution in [2.24, 2.45) is 0 Å². The molecule has 130 valence electrons.